The molecule has 1 aliphatic rings. The normalized spacial score (nSPS) is 22.8. The minimum Gasteiger partial charge on any atom is -0.481 e. The predicted octanol–water partition coefficient (Wildman–Crippen LogP) is 3.32. The molecule has 0 bridgehead atoms. The van der Waals surface area contributed by atoms with Crippen LogP contribution in [0.25, 0.3) is 0 Å². The Bertz CT molecular complexity index is 516. The topological polar surface area (TPSA) is 66.4 Å². The summed E-state index contributed by atoms with van der Waals surface area (Å²) in [6.07, 6.45) is 3.56. The third-order valence-corrected chi connectivity index (χ3v) is 4.69. The van der Waals surface area contributed by atoms with E-state index in [1.807, 2.05) is 6.92 Å². The Morgan fingerprint density at radius 1 is 1.14 bits per heavy atom. The fourth-order valence-corrected chi connectivity index (χ4v) is 3.06. The second kappa shape index (κ2) is 7.43. The molecule has 2 rings (SSSR count). The minimum atomic E-state index is -0.733. The number of hydrogen-bond donors (Lipinski definition) is 2. The van der Waals surface area contributed by atoms with Gasteiger partial charge in [-0.15, -0.1) is 0 Å². The molecular formula is C18H25NO3. The summed E-state index contributed by atoms with van der Waals surface area (Å²) in [7, 11) is 0. The monoisotopic (exact) mass is 303 g/mol. The van der Waals surface area contributed by atoms with Crippen LogP contribution in [-0.2, 0) is 16.0 Å². The Morgan fingerprint density at radius 3 is 2.18 bits per heavy atom. The van der Waals surface area contributed by atoms with Crippen LogP contribution in [0.4, 0.5) is 0 Å². The van der Waals surface area contributed by atoms with Gasteiger partial charge >= 0.3 is 5.97 Å². The molecule has 1 saturated carbocycles. The van der Waals surface area contributed by atoms with Gasteiger partial charge in [-0.25, -0.2) is 0 Å². The molecule has 1 aromatic rings. The average molecular weight is 303 g/mol. The van der Waals surface area contributed by atoms with Gasteiger partial charge in [0, 0.05) is 5.92 Å². The van der Waals surface area contributed by atoms with E-state index in [0.717, 1.165) is 12.0 Å². The largest absolute Gasteiger partial charge is 0.481 e. The van der Waals surface area contributed by atoms with Gasteiger partial charge in [-0.3, -0.25) is 9.59 Å². The van der Waals surface area contributed by atoms with Gasteiger partial charge in [0.05, 0.1) is 12.0 Å². The summed E-state index contributed by atoms with van der Waals surface area (Å²) in [5.41, 5.74) is 2.39. The Balaban J connectivity index is 1.87. The number of carbonyl (C=O) groups excluding carboxylic acids is 1. The summed E-state index contributed by atoms with van der Waals surface area (Å²) in [6, 6.07) is 8.29. The lowest BCUT2D eigenvalue weighted by Crippen LogP contribution is -2.35. The van der Waals surface area contributed by atoms with Crippen molar-refractivity contribution < 1.29 is 14.7 Å². The number of rotatable bonds is 5. The van der Waals surface area contributed by atoms with Crippen molar-refractivity contribution in [3.05, 3.63) is 35.4 Å². The molecule has 1 aliphatic carbocycles. The highest BCUT2D eigenvalue weighted by atomic mass is 16.4. The second-order valence-corrected chi connectivity index (χ2v) is 6.21. The molecular weight excluding hydrogens is 278 g/mol. The molecule has 1 amide bonds. The van der Waals surface area contributed by atoms with E-state index >= 15 is 0 Å². The first kappa shape index (κ1) is 16.5. The first-order chi connectivity index (χ1) is 10.5. The van der Waals surface area contributed by atoms with Crippen molar-refractivity contribution in [2.45, 2.75) is 52.0 Å². The number of carboxylic acids is 1. The summed E-state index contributed by atoms with van der Waals surface area (Å²) in [4.78, 5) is 23.3. The summed E-state index contributed by atoms with van der Waals surface area (Å²) in [5, 5.41) is 12.1. The molecule has 22 heavy (non-hydrogen) atoms. The quantitative estimate of drug-likeness (QED) is 0.877. The minimum absolute atomic E-state index is 0.0180. The van der Waals surface area contributed by atoms with Crippen LogP contribution in [0.3, 0.4) is 0 Å². The maximum Gasteiger partial charge on any atom is 0.306 e. The average Bonchev–Trinajstić information content (AvgIpc) is 2.54. The van der Waals surface area contributed by atoms with E-state index in [1.165, 1.54) is 5.56 Å². The molecule has 0 spiro atoms. The third kappa shape index (κ3) is 4.09. The Hall–Kier alpha value is -1.84. The van der Waals surface area contributed by atoms with E-state index in [2.05, 4.69) is 36.5 Å². The molecule has 0 saturated heterocycles. The Labute approximate surface area is 131 Å². The number of amides is 1. The van der Waals surface area contributed by atoms with Crippen molar-refractivity contribution in [2.75, 3.05) is 0 Å². The van der Waals surface area contributed by atoms with Crippen molar-refractivity contribution in [3.63, 3.8) is 0 Å². The zero-order chi connectivity index (χ0) is 16.1. The molecule has 4 nitrogen and oxygen atoms in total. The predicted molar refractivity (Wildman–Crippen MR) is 85.5 cm³/mol. The fraction of sp³-hybridized carbons (Fsp3) is 0.556. The van der Waals surface area contributed by atoms with Crippen LogP contribution in [0.5, 0.6) is 0 Å². The van der Waals surface area contributed by atoms with Gasteiger partial charge in [0.25, 0.3) is 0 Å². The molecule has 2 N–H and O–H groups in total. The van der Waals surface area contributed by atoms with E-state index in [-0.39, 0.29) is 23.8 Å². The first-order valence-corrected chi connectivity index (χ1v) is 8.13. The summed E-state index contributed by atoms with van der Waals surface area (Å²) >= 11 is 0. The van der Waals surface area contributed by atoms with Gasteiger partial charge in [-0.1, -0.05) is 31.2 Å². The van der Waals surface area contributed by atoms with Crippen molar-refractivity contribution >= 4 is 11.9 Å². The van der Waals surface area contributed by atoms with Gasteiger partial charge in [0.2, 0.25) is 5.91 Å². The molecule has 0 aromatic heterocycles. The van der Waals surface area contributed by atoms with Crippen LogP contribution in [0, 0.1) is 11.8 Å². The number of nitrogens with one attached hydrogen (secondary N) is 1. The van der Waals surface area contributed by atoms with Crippen LogP contribution in [0.2, 0.25) is 0 Å². The number of aryl methyl sites for hydroxylation is 1. The van der Waals surface area contributed by atoms with E-state index in [9.17, 15) is 9.59 Å². The van der Waals surface area contributed by atoms with Crippen molar-refractivity contribution in [1.82, 2.24) is 5.32 Å². The molecule has 1 unspecified atom stereocenters. The van der Waals surface area contributed by atoms with Gasteiger partial charge < -0.3 is 10.4 Å². The fourth-order valence-electron chi connectivity index (χ4n) is 3.06. The Kier molecular flexibility index (Phi) is 5.58. The number of hydrogen-bond acceptors (Lipinski definition) is 2. The van der Waals surface area contributed by atoms with Gasteiger partial charge in [-0.05, 0) is 50.2 Å². The lowest BCUT2D eigenvalue weighted by Gasteiger charge is -2.26. The molecule has 1 atom stereocenters. The van der Waals surface area contributed by atoms with E-state index in [4.69, 9.17) is 5.11 Å². The van der Waals surface area contributed by atoms with E-state index in [0.29, 0.717) is 25.7 Å². The lowest BCUT2D eigenvalue weighted by atomic mass is 9.81. The SMILES string of the molecule is CCc1ccc(C(C)NC(=O)C2CCC(C(=O)O)CC2)cc1. The van der Waals surface area contributed by atoms with E-state index < -0.39 is 5.97 Å². The van der Waals surface area contributed by atoms with Crippen LogP contribution < -0.4 is 5.32 Å². The van der Waals surface area contributed by atoms with Gasteiger partial charge in [0.1, 0.15) is 0 Å². The zero-order valence-corrected chi connectivity index (χ0v) is 13.3. The molecule has 120 valence electrons. The van der Waals surface area contributed by atoms with Crippen LogP contribution >= 0.6 is 0 Å². The first-order valence-electron chi connectivity index (χ1n) is 8.13. The van der Waals surface area contributed by atoms with Crippen LogP contribution in [0.1, 0.15) is 56.7 Å². The second-order valence-electron chi connectivity index (χ2n) is 6.21. The number of aliphatic carboxylic acids is 1. The highest BCUT2D eigenvalue weighted by Gasteiger charge is 2.30. The summed E-state index contributed by atoms with van der Waals surface area (Å²) in [5.74, 6) is -1.00. The smallest absolute Gasteiger partial charge is 0.306 e. The maximum absolute atomic E-state index is 12.3. The molecule has 0 radical (unpaired) electrons. The highest BCUT2D eigenvalue weighted by molar-refractivity contribution is 5.79. The molecule has 1 fully saturated rings. The number of carboxylic acid groups (broad SMARTS) is 1. The van der Waals surface area contributed by atoms with Gasteiger partial charge in [0.15, 0.2) is 0 Å². The van der Waals surface area contributed by atoms with E-state index in [1.54, 1.807) is 0 Å². The van der Waals surface area contributed by atoms with Crippen LogP contribution in [0.15, 0.2) is 24.3 Å². The molecule has 1 aromatic carbocycles. The summed E-state index contributed by atoms with van der Waals surface area (Å²) in [6.45, 7) is 4.11. The molecule has 0 heterocycles. The van der Waals surface area contributed by atoms with Crippen molar-refractivity contribution in [1.29, 1.82) is 0 Å². The standard InChI is InChI=1S/C18H25NO3/c1-3-13-4-6-14(7-5-13)12(2)19-17(20)15-8-10-16(11-9-15)18(21)22/h4-7,12,15-16H,3,8-11H2,1-2H3,(H,19,20)(H,21,22). The van der Waals surface area contributed by atoms with Crippen molar-refractivity contribution in [2.24, 2.45) is 11.8 Å². The Morgan fingerprint density at radius 2 is 1.68 bits per heavy atom. The maximum atomic E-state index is 12.3. The highest BCUT2D eigenvalue weighted by Crippen LogP contribution is 2.29. The zero-order valence-electron chi connectivity index (χ0n) is 13.3. The van der Waals surface area contributed by atoms with Crippen molar-refractivity contribution in [3.8, 4) is 0 Å². The number of benzene rings is 1. The molecule has 4 heteroatoms. The third-order valence-electron chi connectivity index (χ3n) is 4.69. The summed E-state index contributed by atoms with van der Waals surface area (Å²) < 4.78 is 0. The van der Waals surface area contributed by atoms with Gasteiger partial charge in [-0.2, -0.15) is 0 Å². The molecule has 0 aliphatic heterocycles. The number of carbonyl (C=O) groups is 2. The lowest BCUT2D eigenvalue weighted by molar-refractivity contribution is -0.144. The van der Waals surface area contributed by atoms with Crippen LogP contribution in [-0.4, -0.2) is 17.0 Å².